The fourth-order valence-electron chi connectivity index (χ4n) is 1.99. The molecule has 1 aromatic heterocycles. The topological polar surface area (TPSA) is 70.1 Å². The normalized spacial score (nSPS) is 12.5. The van der Waals surface area contributed by atoms with Crippen LogP contribution in [-0.2, 0) is 0 Å². The van der Waals surface area contributed by atoms with Crippen LogP contribution in [0.25, 0.3) is 0 Å². The summed E-state index contributed by atoms with van der Waals surface area (Å²) in [6.45, 7) is 7.70. The average Bonchev–Trinajstić information content (AvgIpc) is 2.44. The minimum Gasteiger partial charge on any atom is -0.391 e. The van der Waals surface area contributed by atoms with Crippen molar-refractivity contribution < 1.29 is 5.11 Å². The Morgan fingerprint density at radius 3 is 2.58 bits per heavy atom. The first kappa shape index (κ1) is 15.7. The third-order valence-electron chi connectivity index (χ3n) is 3.27. The minimum absolute atomic E-state index is 0.336. The van der Waals surface area contributed by atoms with E-state index < -0.39 is 0 Å². The van der Waals surface area contributed by atoms with Gasteiger partial charge in [-0.05, 0) is 18.4 Å². The Morgan fingerprint density at radius 1 is 1.21 bits per heavy atom. The molecule has 1 unspecified atom stereocenters. The lowest BCUT2D eigenvalue weighted by Gasteiger charge is -2.20. The van der Waals surface area contributed by atoms with Crippen molar-refractivity contribution in [2.75, 3.05) is 23.7 Å². The van der Waals surface area contributed by atoms with Gasteiger partial charge in [0.15, 0.2) is 0 Å². The van der Waals surface area contributed by atoms with Gasteiger partial charge in [-0.2, -0.15) is 4.98 Å². The van der Waals surface area contributed by atoms with E-state index in [-0.39, 0.29) is 6.10 Å². The maximum absolute atomic E-state index is 10.1. The fourth-order valence-corrected chi connectivity index (χ4v) is 1.99. The zero-order chi connectivity index (χ0) is 14.1. The van der Waals surface area contributed by atoms with Crippen molar-refractivity contribution in [2.24, 2.45) is 5.92 Å². The van der Waals surface area contributed by atoms with Crippen LogP contribution >= 0.6 is 0 Å². The van der Waals surface area contributed by atoms with Crippen molar-refractivity contribution in [1.82, 2.24) is 9.97 Å². The number of hydrogen-bond acceptors (Lipinski definition) is 5. The zero-order valence-electron chi connectivity index (χ0n) is 12.2. The van der Waals surface area contributed by atoms with E-state index >= 15 is 0 Å². The summed E-state index contributed by atoms with van der Waals surface area (Å²) in [6, 6.07) is 1.82. The molecular formula is C14H26N4O. The van der Waals surface area contributed by atoms with E-state index in [9.17, 15) is 5.11 Å². The van der Waals surface area contributed by atoms with Crippen LogP contribution < -0.4 is 10.6 Å². The quantitative estimate of drug-likeness (QED) is 0.640. The predicted octanol–water partition coefficient (Wildman–Crippen LogP) is 2.51. The fraction of sp³-hybridized carbons (Fsp3) is 0.714. The zero-order valence-corrected chi connectivity index (χ0v) is 12.2. The van der Waals surface area contributed by atoms with Gasteiger partial charge in [0, 0.05) is 19.3 Å². The average molecular weight is 266 g/mol. The summed E-state index contributed by atoms with van der Waals surface area (Å²) in [4.78, 5) is 8.50. The molecule has 1 atom stereocenters. The van der Waals surface area contributed by atoms with Gasteiger partial charge in [-0.1, -0.05) is 33.6 Å². The van der Waals surface area contributed by atoms with Crippen molar-refractivity contribution >= 4 is 11.8 Å². The van der Waals surface area contributed by atoms with Gasteiger partial charge in [-0.3, -0.25) is 0 Å². The number of nitrogens with one attached hydrogen (secondary N) is 2. The van der Waals surface area contributed by atoms with Crippen LogP contribution in [0.4, 0.5) is 11.8 Å². The van der Waals surface area contributed by atoms with Gasteiger partial charge < -0.3 is 15.7 Å². The maximum Gasteiger partial charge on any atom is 0.224 e. The van der Waals surface area contributed by atoms with Crippen LogP contribution in [0.2, 0.25) is 0 Å². The lowest BCUT2D eigenvalue weighted by molar-refractivity contribution is 0.114. The van der Waals surface area contributed by atoms with Gasteiger partial charge in [0.1, 0.15) is 5.82 Å². The van der Waals surface area contributed by atoms with Crippen molar-refractivity contribution in [3.63, 3.8) is 0 Å². The lowest BCUT2D eigenvalue weighted by Crippen LogP contribution is -2.28. The first-order chi connectivity index (χ1) is 9.21. The van der Waals surface area contributed by atoms with Crippen molar-refractivity contribution in [2.45, 2.75) is 46.1 Å². The van der Waals surface area contributed by atoms with E-state index in [2.05, 4.69) is 41.4 Å². The summed E-state index contributed by atoms with van der Waals surface area (Å²) >= 11 is 0. The Balaban J connectivity index is 2.48. The van der Waals surface area contributed by atoms with E-state index in [1.807, 2.05) is 6.07 Å². The molecule has 0 saturated heterocycles. The molecular weight excluding hydrogens is 240 g/mol. The van der Waals surface area contributed by atoms with Gasteiger partial charge in [-0.15, -0.1) is 0 Å². The monoisotopic (exact) mass is 266 g/mol. The first-order valence-corrected chi connectivity index (χ1v) is 7.20. The van der Waals surface area contributed by atoms with Gasteiger partial charge in [0.2, 0.25) is 5.95 Å². The van der Waals surface area contributed by atoms with Crippen molar-refractivity contribution in [1.29, 1.82) is 0 Å². The summed E-state index contributed by atoms with van der Waals surface area (Å²) in [6.07, 6.45) is 4.40. The number of aromatic nitrogens is 2. The molecule has 1 aromatic rings. The molecule has 108 valence electrons. The molecule has 0 amide bonds. The standard InChI is InChI=1S/C14H26N4O/c1-4-8-15-14-16-9-7-13(18-14)17-10-12(19)11(5-2)6-3/h7,9,11-12,19H,4-6,8,10H2,1-3H3,(H2,15,16,17,18). The third-order valence-corrected chi connectivity index (χ3v) is 3.27. The third kappa shape index (κ3) is 5.42. The Bertz CT molecular complexity index is 355. The van der Waals surface area contributed by atoms with E-state index in [4.69, 9.17) is 0 Å². The molecule has 5 heteroatoms. The Morgan fingerprint density at radius 2 is 1.95 bits per heavy atom. The van der Waals surface area contributed by atoms with Gasteiger partial charge >= 0.3 is 0 Å². The molecule has 0 spiro atoms. The van der Waals surface area contributed by atoms with Crippen molar-refractivity contribution in [3.8, 4) is 0 Å². The number of aliphatic hydroxyl groups excluding tert-OH is 1. The highest BCUT2D eigenvalue weighted by molar-refractivity contribution is 5.39. The summed E-state index contributed by atoms with van der Waals surface area (Å²) < 4.78 is 0. The molecule has 5 nitrogen and oxygen atoms in total. The van der Waals surface area contributed by atoms with E-state index in [1.54, 1.807) is 6.20 Å². The number of hydrogen-bond donors (Lipinski definition) is 3. The predicted molar refractivity (Wildman–Crippen MR) is 79.4 cm³/mol. The number of aliphatic hydroxyl groups is 1. The largest absolute Gasteiger partial charge is 0.391 e. The summed E-state index contributed by atoms with van der Waals surface area (Å²) in [7, 11) is 0. The lowest BCUT2D eigenvalue weighted by atomic mass is 9.97. The summed E-state index contributed by atoms with van der Waals surface area (Å²) in [5.74, 6) is 1.72. The van der Waals surface area contributed by atoms with E-state index in [0.29, 0.717) is 18.4 Å². The summed E-state index contributed by atoms with van der Waals surface area (Å²) in [5.41, 5.74) is 0. The van der Waals surface area contributed by atoms with Crippen molar-refractivity contribution in [3.05, 3.63) is 12.3 Å². The molecule has 0 radical (unpaired) electrons. The highest BCUT2D eigenvalue weighted by Crippen LogP contribution is 2.14. The minimum atomic E-state index is -0.336. The van der Waals surface area contributed by atoms with Gasteiger partial charge in [0.25, 0.3) is 0 Å². The molecule has 3 N–H and O–H groups in total. The van der Waals surface area contributed by atoms with Crippen LogP contribution in [0.3, 0.4) is 0 Å². The second kappa shape index (κ2) is 8.69. The second-order valence-corrected chi connectivity index (χ2v) is 4.72. The number of nitrogens with zero attached hydrogens (tertiary/aromatic N) is 2. The first-order valence-electron chi connectivity index (χ1n) is 7.20. The SMILES string of the molecule is CCCNc1nccc(NCC(O)C(CC)CC)n1. The van der Waals surface area contributed by atoms with E-state index in [0.717, 1.165) is 31.6 Å². The van der Waals surface area contributed by atoms with Crippen LogP contribution in [0.15, 0.2) is 12.3 Å². The molecule has 0 aliphatic heterocycles. The molecule has 0 fully saturated rings. The number of anilines is 2. The molecule has 1 heterocycles. The van der Waals surface area contributed by atoms with Crippen LogP contribution in [0.1, 0.15) is 40.0 Å². The smallest absolute Gasteiger partial charge is 0.224 e. The molecule has 0 bridgehead atoms. The van der Waals surface area contributed by atoms with Crippen LogP contribution in [0.5, 0.6) is 0 Å². The molecule has 0 aliphatic carbocycles. The molecule has 0 aromatic carbocycles. The van der Waals surface area contributed by atoms with Gasteiger partial charge in [0.05, 0.1) is 6.10 Å². The van der Waals surface area contributed by atoms with Crippen LogP contribution in [-0.4, -0.2) is 34.3 Å². The number of rotatable bonds is 9. The molecule has 0 aliphatic rings. The Kier molecular flexibility index (Phi) is 7.18. The van der Waals surface area contributed by atoms with Crippen LogP contribution in [0, 0.1) is 5.92 Å². The Hall–Kier alpha value is -1.36. The highest BCUT2D eigenvalue weighted by atomic mass is 16.3. The maximum atomic E-state index is 10.1. The molecule has 19 heavy (non-hydrogen) atoms. The highest BCUT2D eigenvalue weighted by Gasteiger charge is 2.15. The molecule has 1 rings (SSSR count). The summed E-state index contributed by atoms with van der Waals surface area (Å²) in [5, 5.41) is 16.4. The van der Waals surface area contributed by atoms with Gasteiger partial charge in [-0.25, -0.2) is 4.98 Å². The second-order valence-electron chi connectivity index (χ2n) is 4.72. The van der Waals surface area contributed by atoms with E-state index in [1.165, 1.54) is 0 Å². The Labute approximate surface area is 115 Å². The molecule has 0 saturated carbocycles.